The molecule has 6 nitrogen and oxygen atoms in total. The average Bonchev–Trinajstić information content (AvgIpc) is 2.85. The zero-order chi connectivity index (χ0) is 14.5. The van der Waals surface area contributed by atoms with Crippen LogP contribution in [0.3, 0.4) is 0 Å². The van der Waals surface area contributed by atoms with E-state index >= 15 is 0 Å². The van der Waals surface area contributed by atoms with Crippen LogP contribution in [0.5, 0.6) is 0 Å². The molecule has 1 heterocycles. The van der Waals surface area contributed by atoms with E-state index in [0.29, 0.717) is 22.5 Å². The zero-order valence-electron chi connectivity index (χ0n) is 11.2. The van der Waals surface area contributed by atoms with Crippen molar-refractivity contribution in [1.29, 1.82) is 0 Å². The second-order valence-electron chi connectivity index (χ2n) is 4.51. The third kappa shape index (κ3) is 3.96. The van der Waals surface area contributed by atoms with Crippen LogP contribution in [0.15, 0.2) is 28.7 Å². The molecule has 20 heavy (non-hydrogen) atoms. The molecule has 0 saturated carbocycles. The lowest BCUT2D eigenvalue weighted by atomic mass is 10.2. The highest BCUT2D eigenvalue weighted by Gasteiger charge is 2.10. The zero-order valence-corrected chi connectivity index (χ0v) is 11.9. The highest BCUT2D eigenvalue weighted by Crippen LogP contribution is 2.15. The number of anilines is 1. The lowest BCUT2D eigenvalue weighted by Crippen LogP contribution is -2.28. The van der Waals surface area contributed by atoms with Crippen LogP contribution in [0.1, 0.15) is 31.5 Å². The van der Waals surface area contributed by atoms with Gasteiger partial charge in [-0.2, -0.15) is 0 Å². The Morgan fingerprint density at radius 3 is 2.85 bits per heavy atom. The molecule has 1 aromatic heterocycles. The van der Waals surface area contributed by atoms with Crippen molar-refractivity contribution in [2.24, 2.45) is 0 Å². The second kappa shape index (κ2) is 6.38. The number of nitrogens with zero attached hydrogens (tertiary/aromatic N) is 2. The summed E-state index contributed by atoms with van der Waals surface area (Å²) < 4.78 is 5.38. The molecule has 0 aliphatic heterocycles. The van der Waals surface area contributed by atoms with Crippen molar-refractivity contribution in [2.75, 3.05) is 5.32 Å². The van der Waals surface area contributed by atoms with Crippen LogP contribution in [0.25, 0.3) is 0 Å². The molecular weight excluding hydrogens is 280 g/mol. The molecule has 7 heteroatoms. The summed E-state index contributed by atoms with van der Waals surface area (Å²) in [5, 5.41) is 13.6. The molecule has 0 unspecified atom stereocenters. The van der Waals surface area contributed by atoms with Gasteiger partial charge >= 0.3 is 6.03 Å². The van der Waals surface area contributed by atoms with Gasteiger partial charge in [-0.3, -0.25) is 0 Å². The minimum Gasteiger partial charge on any atom is -0.423 e. The van der Waals surface area contributed by atoms with Gasteiger partial charge in [0, 0.05) is 16.6 Å². The van der Waals surface area contributed by atoms with E-state index in [1.165, 1.54) is 0 Å². The summed E-state index contributed by atoms with van der Waals surface area (Å²) in [6, 6.07) is 6.53. The summed E-state index contributed by atoms with van der Waals surface area (Å²) in [4.78, 5) is 11.7. The molecule has 2 amide bonds. The second-order valence-corrected chi connectivity index (χ2v) is 4.94. The number of amides is 2. The highest BCUT2D eigenvalue weighted by molar-refractivity contribution is 6.30. The Kier molecular flexibility index (Phi) is 4.57. The highest BCUT2D eigenvalue weighted by atomic mass is 35.5. The first kappa shape index (κ1) is 14.3. The molecule has 0 aliphatic rings. The van der Waals surface area contributed by atoms with Gasteiger partial charge in [-0.05, 0) is 18.2 Å². The van der Waals surface area contributed by atoms with E-state index in [4.69, 9.17) is 16.0 Å². The molecule has 0 fully saturated rings. The predicted molar refractivity (Wildman–Crippen MR) is 75.7 cm³/mol. The van der Waals surface area contributed by atoms with Gasteiger partial charge in [-0.25, -0.2) is 4.79 Å². The third-order valence-electron chi connectivity index (χ3n) is 2.46. The van der Waals surface area contributed by atoms with Crippen molar-refractivity contribution < 1.29 is 9.21 Å². The summed E-state index contributed by atoms with van der Waals surface area (Å²) in [6.07, 6.45) is 0. The summed E-state index contributed by atoms with van der Waals surface area (Å²) in [5.74, 6) is 1.09. The van der Waals surface area contributed by atoms with Gasteiger partial charge in [0.25, 0.3) is 0 Å². The smallest absolute Gasteiger partial charge is 0.319 e. The van der Waals surface area contributed by atoms with Crippen molar-refractivity contribution in [3.05, 3.63) is 41.1 Å². The number of hydrogen-bond acceptors (Lipinski definition) is 4. The minimum absolute atomic E-state index is 0.163. The SMILES string of the molecule is CC(C)c1nnc(CNC(=O)Nc2cccc(Cl)c2)o1. The number of carbonyl (C=O) groups excluding carboxylic acids is 1. The van der Waals surface area contributed by atoms with Gasteiger partial charge in [0.15, 0.2) is 0 Å². The summed E-state index contributed by atoms with van der Waals surface area (Å²) >= 11 is 5.83. The molecule has 0 saturated heterocycles. The lowest BCUT2D eigenvalue weighted by molar-refractivity contribution is 0.250. The van der Waals surface area contributed by atoms with Crippen molar-refractivity contribution in [3.63, 3.8) is 0 Å². The monoisotopic (exact) mass is 294 g/mol. The fourth-order valence-corrected chi connectivity index (χ4v) is 1.66. The first-order chi connectivity index (χ1) is 9.54. The van der Waals surface area contributed by atoms with E-state index in [2.05, 4.69) is 20.8 Å². The van der Waals surface area contributed by atoms with Gasteiger partial charge < -0.3 is 15.1 Å². The summed E-state index contributed by atoms with van der Waals surface area (Å²) in [6.45, 7) is 4.08. The molecule has 2 rings (SSSR count). The number of carbonyl (C=O) groups is 1. The fraction of sp³-hybridized carbons (Fsp3) is 0.308. The Labute approximate surface area is 121 Å². The van der Waals surface area contributed by atoms with Gasteiger partial charge in [-0.15, -0.1) is 10.2 Å². The van der Waals surface area contributed by atoms with Crippen LogP contribution in [-0.4, -0.2) is 16.2 Å². The predicted octanol–water partition coefficient (Wildman–Crippen LogP) is 3.17. The van der Waals surface area contributed by atoms with Crippen LogP contribution in [0, 0.1) is 0 Å². The van der Waals surface area contributed by atoms with Crippen LogP contribution >= 0.6 is 11.6 Å². The largest absolute Gasteiger partial charge is 0.423 e. The van der Waals surface area contributed by atoms with Gasteiger partial charge in [0.05, 0.1) is 6.54 Å². The van der Waals surface area contributed by atoms with E-state index < -0.39 is 0 Å². The van der Waals surface area contributed by atoms with Crippen LogP contribution in [0.2, 0.25) is 5.02 Å². The molecule has 0 bridgehead atoms. The summed E-state index contributed by atoms with van der Waals surface area (Å²) in [5.41, 5.74) is 0.614. The molecule has 0 atom stereocenters. The molecule has 1 aromatic carbocycles. The van der Waals surface area contributed by atoms with Gasteiger partial charge in [0.2, 0.25) is 11.8 Å². The van der Waals surface area contributed by atoms with E-state index in [0.717, 1.165) is 0 Å². The maximum absolute atomic E-state index is 11.7. The molecule has 106 valence electrons. The standard InChI is InChI=1S/C13H15ClN4O2/c1-8(2)12-18-17-11(20-12)7-15-13(19)16-10-5-3-4-9(14)6-10/h3-6,8H,7H2,1-2H3,(H2,15,16,19). The number of benzene rings is 1. The number of urea groups is 1. The van der Waals surface area contributed by atoms with Crippen molar-refractivity contribution in [1.82, 2.24) is 15.5 Å². The Balaban J connectivity index is 1.85. The van der Waals surface area contributed by atoms with E-state index in [1.54, 1.807) is 24.3 Å². The van der Waals surface area contributed by atoms with Crippen molar-refractivity contribution in [2.45, 2.75) is 26.3 Å². The number of rotatable bonds is 4. The molecular formula is C13H15ClN4O2. The number of halogens is 1. The molecule has 2 aromatic rings. The van der Waals surface area contributed by atoms with Crippen LogP contribution in [0.4, 0.5) is 10.5 Å². The van der Waals surface area contributed by atoms with Gasteiger partial charge in [0.1, 0.15) is 0 Å². The lowest BCUT2D eigenvalue weighted by Gasteiger charge is -2.06. The minimum atomic E-state index is -0.364. The maximum atomic E-state index is 11.7. The van der Waals surface area contributed by atoms with E-state index in [-0.39, 0.29) is 18.5 Å². The maximum Gasteiger partial charge on any atom is 0.319 e. The quantitative estimate of drug-likeness (QED) is 0.907. The van der Waals surface area contributed by atoms with E-state index in [1.807, 2.05) is 13.8 Å². The molecule has 2 N–H and O–H groups in total. The van der Waals surface area contributed by atoms with Crippen LogP contribution < -0.4 is 10.6 Å². The number of nitrogens with one attached hydrogen (secondary N) is 2. The average molecular weight is 295 g/mol. The van der Waals surface area contributed by atoms with Gasteiger partial charge in [-0.1, -0.05) is 31.5 Å². The summed E-state index contributed by atoms with van der Waals surface area (Å²) in [7, 11) is 0. The van der Waals surface area contributed by atoms with Crippen LogP contribution in [-0.2, 0) is 6.54 Å². The first-order valence-electron chi connectivity index (χ1n) is 6.17. The normalized spacial score (nSPS) is 10.6. The molecule has 0 spiro atoms. The fourth-order valence-electron chi connectivity index (χ4n) is 1.47. The number of aromatic nitrogens is 2. The first-order valence-corrected chi connectivity index (χ1v) is 6.55. The molecule has 0 aliphatic carbocycles. The topological polar surface area (TPSA) is 80.0 Å². The Hall–Kier alpha value is -2.08. The Morgan fingerprint density at radius 1 is 1.40 bits per heavy atom. The van der Waals surface area contributed by atoms with Crippen molar-refractivity contribution in [3.8, 4) is 0 Å². The number of hydrogen-bond donors (Lipinski definition) is 2. The Morgan fingerprint density at radius 2 is 2.20 bits per heavy atom. The third-order valence-corrected chi connectivity index (χ3v) is 2.69. The Bertz CT molecular complexity index is 598. The molecule has 0 radical (unpaired) electrons. The van der Waals surface area contributed by atoms with Crippen molar-refractivity contribution >= 4 is 23.3 Å². The van der Waals surface area contributed by atoms with E-state index in [9.17, 15) is 4.79 Å².